The van der Waals surface area contributed by atoms with Crippen molar-refractivity contribution in [3.05, 3.63) is 63.9 Å². The van der Waals surface area contributed by atoms with Crippen molar-refractivity contribution in [2.24, 2.45) is 11.8 Å². The Labute approximate surface area is 232 Å². The van der Waals surface area contributed by atoms with Gasteiger partial charge in [-0.25, -0.2) is 0 Å². The van der Waals surface area contributed by atoms with Gasteiger partial charge >= 0.3 is 11.9 Å². The van der Waals surface area contributed by atoms with Gasteiger partial charge in [0.1, 0.15) is 6.10 Å². The van der Waals surface area contributed by atoms with Crippen LogP contribution in [0.1, 0.15) is 42.9 Å². The van der Waals surface area contributed by atoms with Crippen LogP contribution in [0, 0.1) is 11.8 Å². The number of pyridine rings is 1. The first-order valence-electron chi connectivity index (χ1n) is 13.0. The summed E-state index contributed by atoms with van der Waals surface area (Å²) in [6.45, 7) is 1.01. The molecule has 0 amide bonds. The molecule has 2 N–H and O–H groups in total. The normalized spacial score (nSPS) is 15.2. The molecule has 1 aromatic heterocycles. The predicted octanol–water partition coefficient (Wildman–Crippen LogP) is 4.11. The molecule has 2 aromatic carbocycles. The number of aromatic amines is 1. The fourth-order valence-electron chi connectivity index (χ4n) is 4.40. The highest BCUT2D eigenvalue weighted by molar-refractivity contribution is 5.90. The molecule has 10 heteroatoms. The number of halogens is 1. The Hall–Kier alpha value is -3.56. The van der Waals surface area contributed by atoms with Crippen molar-refractivity contribution >= 4 is 35.2 Å². The number of hydrogen-bond acceptors (Lipinski definition) is 8. The zero-order chi connectivity index (χ0) is 26.6. The maximum Gasteiger partial charge on any atom is 0.314 e. The van der Waals surface area contributed by atoms with Crippen molar-refractivity contribution < 1.29 is 28.5 Å². The molecule has 1 unspecified atom stereocenters. The van der Waals surface area contributed by atoms with Crippen LogP contribution in [0.25, 0.3) is 10.9 Å². The Balaban J connectivity index is 0.00000353. The van der Waals surface area contributed by atoms with Crippen LogP contribution in [0.3, 0.4) is 0 Å². The summed E-state index contributed by atoms with van der Waals surface area (Å²) in [7, 11) is 3.21. The van der Waals surface area contributed by atoms with Crippen LogP contribution < -0.4 is 25.1 Å². The molecule has 0 bridgehead atoms. The van der Waals surface area contributed by atoms with Gasteiger partial charge < -0.3 is 29.2 Å². The summed E-state index contributed by atoms with van der Waals surface area (Å²) in [5.74, 6) is 0.982. The van der Waals surface area contributed by atoms with Gasteiger partial charge in [-0.1, -0.05) is 12.1 Å². The maximum absolute atomic E-state index is 12.7. The van der Waals surface area contributed by atoms with Crippen LogP contribution in [0.2, 0.25) is 0 Å². The van der Waals surface area contributed by atoms with E-state index >= 15 is 0 Å². The Kier molecular flexibility index (Phi) is 9.14. The fourth-order valence-corrected chi connectivity index (χ4v) is 4.40. The predicted molar refractivity (Wildman–Crippen MR) is 148 cm³/mol. The summed E-state index contributed by atoms with van der Waals surface area (Å²) in [4.78, 5) is 39.9. The highest BCUT2D eigenvalue weighted by Crippen LogP contribution is 2.37. The standard InChI is InChI=1S/C29H32N2O7.ClH/c1-35-22-10-3-17(15-24(22)36-2)13-14-30-16-25(38-29(34)19-6-7-19)20-8-11-23(37-28(33)18-4-5-18)27-21(20)9-12-26(32)31-27;/h3,8-12,15,18-19,25,30H,4-7,13-14,16H2,1-2H3,(H,31,32);1H. The number of benzene rings is 2. The van der Waals surface area contributed by atoms with Crippen molar-refractivity contribution in [2.45, 2.75) is 38.2 Å². The number of rotatable bonds is 12. The molecular formula is C29H33ClN2O7. The molecule has 39 heavy (non-hydrogen) atoms. The van der Waals surface area contributed by atoms with E-state index in [2.05, 4.69) is 10.3 Å². The minimum atomic E-state index is -0.588. The van der Waals surface area contributed by atoms with Gasteiger partial charge in [-0.05, 0) is 68.5 Å². The average Bonchev–Trinajstić information content (AvgIpc) is 3.83. The number of H-pyrrole nitrogens is 1. The average molecular weight is 557 g/mol. The highest BCUT2D eigenvalue weighted by atomic mass is 35.5. The first-order chi connectivity index (χ1) is 18.5. The number of fused-ring (bicyclic) bond motifs is 1. The lowest BCUT2D eigenvalue weighted by atomic mass is 10.0. The van der Waals surface area contributed by atoms with E-state index in [4.69, 9.17) is 18.9 Å². The monoisotopic (exact) mass is 556 g/mol. The second-order valence-corrected chi connectivity index (χ2v) is 9.80. The summed E-state index contributed by atoms with van der Waals surface area (Å²) >= 11 is 0. The van der Waals surface area contributed by atoms with Crippen LogP contribution in [-0.4, -0.2) is 44.2 Å². The van der Waals surface area contributed by atoms with Crippen molar-refractivity contribution in [1.82, 2.24) is 10.3 Å². The van der Waals surface area contributed by atoms with Gasteiger partial charge in [0.2, 0.25) is 5.56 Å². The summed E-state index contributed by atoms with van der Waals surface area (Å²) in [6.07, 6.45) is 3.45. The van der Waals surface area contributed by atoms with E-state index in [1.807, 2.05) is 18.2 Å². The van der Waals surface area contributed by atoms with E-state index in [-0.39, 0.29) is 41.7 Å². The molecule has 2 saturated carbocycles. The van der Waals surface area contributed by atoms with E-state index in [1.165, 1.54) is 6.07 Å². The van der Waals surface area contributed by atoms with E-state index < -0.39 is 6.10 Å². The van der Waals surface area contributed by atoms with Crippen LogP contribution in [-0.2, 0) is 20.7 Å². The molecule has 0 radical (unpaired) electrons. The molecule has 9 nitrogen and oxygen atoms in total. The van der Waals surface area contributed by atoms with Crippen LogP contribution in [0.15, 0.2) is 47.3 Å². The molecule has 3 aromatic rings. The number of nitrogens with one attached hydrogen (secondary N) is 2. The number of aromatic nitrogens is 1. The van der Waals surface area contributed by atoms with E-state index in [0.29, 0.717) is 41.2 Å². The van der Waals surface area contributed by atoms with Gasteiger partial charge in [-0.15, -0.1) is 12.4 Å². The lowest BCUT2D eigenvalue weighted by Crippen LogP contribution is -2.27. The summed E-state index contributed by atoms with van der Waals surface area (Å²) in [5, 5.41) is 4.07. The molecule has 0 saturated heterocycles. The minimum Gasteiger partial charge on any atom is -0.493 e. The Morgan fingerprint density at radius 2 is 1.62 bits per heavy atom. The van der Waals surface area contributed by atoms with Crippen molar-refractivity contribution in [2.75, 3.05) is 27.3 Å². The molecule has 2 fully saturated rings. The molecule has 1 atom stereocenters. The summed E-state index contributed by atoms with van der Waals surface area (Å²) < 4.78 is 22.2. The van der Waals surface area contributed by atoms with Gasteiger partial charge in [0.15, 0.2) is 17.2 Å². The van der Waals surface area contributed by atoms with Gasteiger partial charge in [0, 0.05) is 23.6 Å². The van der Waals surface area contributed by atoms with Crippen molar-refractivity contribution in [1.29, 1.82) is 0 Å². The van der Waals surface area contributed by atoms with E-state index in [0.717, 1.165) is 43.2 Å². The SMILES string of the molecule is COc1ccc(CCNCC(OC(=O)C2CC2)c2ccc(OC(=O)C3CC3)c3[nH]c(=O)ccc23)cc1OC.Cl. The first-order valence-corrected chi connectivity index (χ1v) is 13.0. The number of methoxy groups -OCH3 is 2. The third-order valence-corrected chi connectivity index (χ3v) is 6.90. The Morgan fingerprint density at radius 3 is 2.31 bits per heavy atom. The van der Waals surface area contributed by atoms with Crippen molar-refractivity contribution in [3.8, 4) is 17.2 Å². The molecule has 2 aliphatic rings. The molecule has 208 valence electrons. The lowest BCUT2D eigenvalue weighted by Gasteiger charge is -2.21. The summed E-state index contributed by atoms with van der Waals surface area (Å²) in [6, 6.07) is 12.4. The number of carbonyl (C=O) groups excluding carboxylic acids is 2. The molecule has 1 heterocycles. The van der Waals surface area contributed by atoms with E-state index in [1.54, 1.807) is 32.4 Å². The largest absolute Gasteiger partial charge is 0.493 e. The van der Waals surface area contributed by atoms with E-state index in [9.17, 15) is 14.4 Å². The van der Waals surface area contributed by atoms with Crippen molar-refractivity contribution in [3.63, 3.8) is 0 Å². The van der Waals surface area contributed by atoms with Gasteiger partial charge in [-0.3, -0.25) is 14.4 Å². The number of esters is 2. The number of hydrogen-bond donors (Lipinski definition) is 2. The van der Waals surface area contributed by atoms with Gasteiger partial charge in [-0.2, -0.15) is 0 Å². The minimum absolute atomic E-state index is 0. The fraction of sp³-hybridized carbons (Fsp3) is 0.414. The molecule has 5 rings (SSSR count). The number of carbonyl (C=O) groups is 2. The zero-order valence-electron chi connectivity index (χ0n) is 22.0. The quantitative estimate of drug-likeness (QED) is 0.194. The topological polar surface area (TPSA) is 116 Å². The second-order valence-electron chi connectivity index (χ2n) is 9.80. The Morgan fingerprint density at radius 1 is 0.923 bits per heavy atom. The van der Waals surface area contributed by atoms with Gasteiger partial charge in [0.25, 0.3) is 0 Å². The maximum atomic E-state index is 12.7. The van der Waals surface area contributed by atoms with Crippen LogP contribution in [0.5, 0.6) is 17.2 Å². The Bertz CT molecular complexity index is 1400. The highest BCUT2D eigenvalue weighted by Gasteiger charge is 2.34. The molecular weight excluding hydrogens is 524 g/mol. The third-order valence-electron chi connectivity index (χ3n) is 6.90. The van der Waals surface area contributed by atoms with Gasteiger partial charge in [0.05, 0.1) is 31.6 Å². The smallest absolute Gasteiger partial charge is 0.314 e. The molecule has 0 spiro atoms. The summed E-state index contributed by atoms with van der Waals surface area (Å²) in [5.41, 5.74) is 1.92. The zero-order valence-corrected chi connectivity index (χ0v) is 22.8. The first kappa shape index (κ1) is 28.4. The third kappa shape index (κ3) is 6.91. The second kappa shape index (κ2) is 12.5. The number of ether oxygens (including phenoxy) is 4. The van der Waals surface area contributed by atoms with Crippen LogP contribution in [0.4, 0.5) is 0 Å². The molecule has 0 aliphatic heterocycles. The lowest BCUT2D eigenvalue weighted by molar-refractivity contribution is -0.150. The van der Waals surface area contributed by atoms with Crippen LogP contribution >= 0.6 is 12.4 Å². The molecule has 2 aliphatic carbocycles.